The largest absolute Gasteiger partial charge is 0.481 e. The Bertz CT molecular complexity index is 296. The van der Waals surface area contributed by atoms with Crippen LogP contribution < -0.4 is 0 Å². The van der Waals surface area contributed by atoms with Crippen LogP contribution in [0.4, 0.5) is 4.39 Å². The molecule has 1 aromatic rings. The zero-order valence-corrected chi connectivity index (χ0v) is 7.51. The maximum Gasteiger partial charge on any atom is 0.308 e. The van der Waals surface area contributed by atoms with Crippen molar-refractivity contribution >= 4 is 21.9 Å². The molecule has 0 aromatic carbocycles. The van der Waals surface area contributed by atoms with E-state index in [1.165, 1.54) is 6.20 Å². The number of pyridine rings is 1. The molecule has 0 unspecified atom stereocenters. The van der Waals surface area contributed by atoms with Gasteiger partial charge in [0.15, 0.2) is 0 Å². The smallest absolute Gasteiger partial charge is 0.308 e. The predicted molar refractivity (Wildman–Crippen MR) is 43.2 cm³/mol. The molecule has 0 saturated carbocycles. The number of carboxylic acid groups (broad SMARTS) is 1. The van der Waals surface area contributed by atoms with Crippen molar-refractivity contribution in [2.75, 3.05) is 0 Å². The summed E-state index contributed by atoms with van der Waals surface area (Å²) in [6.45, 7) is 0. The fraction of sp³-hybridized carbons (Fsp3) is 0.143. The molecule has 64 valence electrons. The summed E-state index contributed by atoms with van der Waals surface area (Å²) in [7, 11) is 0. The van der Waals surface area contributed by atoms with Crippen LogP contribution >= 0.6 is 15.9 Å². The van der Waals surface area contributed by atoms with Gasteiger partial charge in [-0.2, -0.15) is 0 Å². The second-order valence-electron chi connectivity index (χ2n) is 2.13. The molecule has 0 spiro atoms. The van der Waals surface area contributed by atoms with E-state index >= 15 is 0 Å². The summed E-state index contributed by atoms with van der Waals surface area (Å²) >= 11 is 2.96. The average molecular weight is 234 g/mol. The third-order valence-electron chi connectivity index (χ3n) is 1.27. The van der Waals surface area contributed by atoms with Gasteiger partial charge in [0.25, 0.3) is 0 Å². The van der Waals surface area contributed by atoms with Gasteiger partial charge in [0, 0.05) is 11.8 Å². The van der Waals surface area contributed by atoms with Crippen LogP contribution in [0.5, 0.6) is 0 Å². The van der Waals surface area contributed by atoms with Gasteiger partial charge in [0.2, 0.25) is 0 Å². The highest BCUT2D eigenvalue weighted by Crippen LogP contribution is 2.16. The van der Waals surface area contributed by atoms with Crippen LogP contribution in [-0.2, 0) is 11.2 Å². The van der Waals surface area contributed by atoms with Gasteiger partial charge in [-0.3, -0.25) is 4.79 Å². The van der Waals surface area contributed by atoms with Crippen molar-refractivity contribution in [2.24, 2.45) is 0 Å². The van der Waals surface area contributed by atoms with Gasteiger partial charge in [-0.1, -0.05) is 0 Å². The van der Waals surface area contributed by atoms with Gasteiger partial charge < -0.3 is 5.11 Å². The first-order valence-corrected chi connectivity index (χ1v) is 3.91. The van der Waals surface area contributed by atoms with Gasteiger partial charge in [-0.15, -0.1) is 0 Å². The van der Waals surface area contributed by atoms with Crippen LogP contribution in [0.3, 0.4) is 0 Å². The molecule has 0 saturated heterocycles. The molecule has 0 radical (unpaired) electrons. The van der Waals surface area contributed by atoms with Crippen molar-refractivity contribution < 1.29 is 14.3 Å². The third kappa shape index (κ3) is 2.01. The third-order valence-corrected chi connectivity index (χ3v) is 1.96. The Morgan fingerprint density at radius 1 is 1.75 bits per heavy atom. The Morgan fingerprint density at radius 3 is 2.92 bits per heavy atom. The molecule has 1 heterocycles. The lowest BCUT2D eigenvalue weighted by Gasteiger charge is -2.00. The number of aliphatic carboxylic acids is 1. The number of rotatable bonds is 2. The number of carbonyl (C=O) groups is 1. The van der Waals surface area contributed by atoms with Crippen molar-refractivity contribution in [3.63, 3.8) is 0 Å². The molecule has 0 atom stereocenters. The normalized spacial score (nSPS) is 9.83. The maximum absolute atomic E-state index is 12.9. The van der Waals surface area contributed by atoms with E-state index in [0.29, 0.717) is 0 Å². The lowest BCUT2D eigenvalue weighted by atomic mass is 10.2. The molecule has 0 aliphatic heterocycles. The first-order chi connectivity index (χ1) is 5.61. The monoisotopic (exact) mass is 233 g/mol. The van der Waals surface area contributed by atoms with Crippen LogP contribution in [0, 0.1) is 5.82 Å². The van der Waals surface area contributed by atoms with Gasteiger partial charge in [0.1, 0.15) is 10.4 Å². The summed E-state index contributed by atoms with van der Waals surface area (Å²) in [5.74, 6) is -1.64. The highest BCUT2D eigenvalue weighted by Gasteiger charge is 2.10. The predicted octanol–water partition coefficient (Wildman–Crippen LogP) is 1.61. The second kappa shape index (κ2) is 3.62. The quantitative estimate of drug-likeness (QED) is 0.790. The Hall–Kier alpha value is -0.970. The van der Waals surface area contributed by atoms with E-state index in [2.05, 4.69) is 20.9 Å². The number of nitrogens with zero attached hydrogens (tertiary/aromatic N) is 1. The van der Waals surface area contributed by atoms with Crippen molar-refractivity contribution in [3.8, 4) is 0 Å². The Morgan fingerprint density at radius 2 is 2.42 bits per heavy atom. The lowest BCUT2D eigenvalue weighted by Crippen LogP contribution is -2.04. The standard InChI is InChI=1S/C7H5BrFNO2/c8-7-4(3-6(11)12)5(9)1-2-10-7/h1-2H,3H2,(H,11,12). The van der Waals surface area contributed by atoms with Crippen LogP contribution in [0.25, 0.3) is 0 Å². The van der Waals surface area contributed by atoms with E-state index in [1.807, 2.05) is 0 Å². The molecule has 1 N–H and O–H groups in total. The minimum Gasteiger partial charge on any atom is -0.481 e. The van der Waals surface area contributed by atoms with Crippen LogP contribution in [0.1, 0.15) is 5.56 Å². The molecule has 1 rings (SSSR count). The Kier molecular flexibility index (Phi) is 2.75. The molecule has 3 nitrogen and oxygen atoms in total. The van der Waals surface area contributed by atoms with Crippen molar-refractivity contribution in [1.29, 1.82) is 0 Å². The summed E-state index contributed by atoms with van der Waals surface area (Å²) in [5.41, 5.74) is 0.0741. The first kappa shape index (κ1) is 9.12. The van der Waals surface area contributed by atoms with E-state index in [0.717, 1.165) is 6.07 Å². The molecule has 0 amide bonds. The van der Waals surface area contributed by atoms with Crippen LogP contribution in [0.15, 0.2) is 16.9 Å². The second-order valence-corrected chi connectivity index (χ2v) is 2.88. The van der Waals surface area contributed by atoms with Gasteiger partial charge in [-0.25, -0.2) is 9.37 Å². The summed E-state index contributed by atoms with van der Waals surface area (Å²) in [6, 6.07) is 1.13. The number of aromatic nitrogens is 1. The number of hydrogen-bond acceptors (Lipinski definition) is 2. The van der Waals surface area contributed by atoms with E-state index in [4.69, 9.17) is 5.11 Å². The molecule has 0 bridgehead atoms. The van der Waals surface area contributed by atoms with Crippen molar-refractivity contribution in [1.82, 2.24) is 4.98 Å². The molecular formula is C7H5BrFNO2. The molecule has 5 heteroatoms. The van der Waals surface area contributed by atoms with E-state index < -0.39 is 11.8 Å². The topological polar surface area (TPSA) is 50.2 Å². The minimum absolute atomic E-state index is 0.0741. The van der Waals surface area contributed by atoms with Crippen LogP contribution in [-0.4, -0.2) is 16.1 Å². The average Bonchev–Trinajstić information content (AvgIpc) is 1.97. The van der Waals surface area contributed by atoms with Gasteiger partial charge in [0.05, 0.1) is 6.42 Å². The number of hydrogen-bond donors (Lipinski definition) is 1. The van der Waals surface area contributed by atoms with E-state index in [9.17, 15) is 9.18 Å². The summed E-state index contributed by atoms with van der Waals surface area (Å²) in [6.07, 6.45) is 0.908. The van der Waals surface area contributed by atoms with Crippen LogP contribution in [0.2, 0.25) is 0 Å². The minimum atomic E-state index is -1.08. The number of carboxylic acids is 1. The van der Waals surface area contributed by atoms with E-state index in [1.54, 1.807) is 0 Å². The Labute approximate surface area is 76.4 Å². The maximum atomic E-state index is 12.9. The number of halogens is 2. The lowest BCUT2D eigenvalue weighted by molar-refractivity contribution is -0.136. The molecule has 1 aromatic heterocycles. The fourth-order valence-corrected chi connectivity index (χ4v) is 1.20. The molecule has 0 aliphatic carbocycles. The fourth-order valence-electron chi connectivity index (χ4n) is 0.754. The highest BCUT2D eigenvalue weighted by atomic mass is 79.9. The van der Waals surface area contributed by atoms with Gasteiger partial charge >= 0.3 is 5.97 Å². The van der Waals surface area contributed by atoms with E-state index in [-0.39, 0.29) is 16.6 Å². The molecule has 0 aliphatic rings. The van der Waals surface area contributed by atoms with Crippen molar-refractivity contribution in [2.45, 2.75) is 6.42 Å². The SMILES string of the molecule is O=C(O)Cc1c(F)ccnc1Br. The summed E-state index contributed by atoms with van der Waals surface area (Å²) < 4.78 is 13.1. The molecule has 12 heavy (non-hydrogen) atoms. The summed E-state index contributed by atoms with van der Waals surface area (Å²) in [5, 5.41) is 8.40. The van der Waals surface area contributed by atoms with Crippen molar-refractivity contribution in [3.05, 3.63) is 28.2 Å². The first-order valence-electron chi connectivity index (χ1n) is 3.12. The molecule has 0 fully saturated rings. The zero-order valence-electron chi connectivity index (χ0n) is 5.92. The molecular weight excluding hydrogens is 229 g/mol. The zero-order chi connectivity index (χ0) is 9.14. The Balaban J connectivity index is 3.04. The van der Waals surface area contributed by atoms with Gasteiger partial charge in [-0.05, 0) is 22.0 Å². The highest BCUT2D eigenvalue weighted by molar-refractivity contribution is 9.10. The summed E-state index contributed by atoms with van der Waals surface area (Å²) in [4.78, 5) is 14.0.